The molecular weight excluding hydrogens is 312 g/mol. The number of nitrogens with zero attached hydrogens (tertiary/aromatic N) is 4. The van der Waals surface area contributed by atoms with E-state index in [2.05, 4.69) is 52.3 Å². The van der Waals surface area contributed by atoms with Crippen molar-refractivity contribution in [2.45, 2.75) is 46.2 Å². The van der Waals surface area contributed by atoms with Crippen LogP contribution in [-0.2, 0) is 6.54 Å². The standard InChI is InChI=1S/C19H36N6/c1-7-25(8-2)13-9-10-16(3)23-19(20-4)22-15-17-11-12-21-18(14-17)24(5)6/h11-12,14,16H,7-10,13,15H2,1-6H3,(H2,20,22,23). The molecule has 1 rings (SSSR count). The van der Waals surface area contributed by atoms with Gasteiger partial charge in [0.2, 0.25) is 0 Å². The zero-order valence-corrected chi connectivity index (χ0v) is 16.8. The van der Waals surface area contributed by atoms with Crippen LogP contribution in [-0.4, -0.2) is 62.7 Å². The van der Waals surface area contributed by atoms with Crippen molar-refractivity contribution in [2.24, 2.45) is 4.99 Å². The third-order valence-corrected chi connectivity index (χ3v) is 4.34. The van der Waals surface area contributed by atoms with E-state index in [0.29, 0.717) is 6.04 Å². The fourth-order valence-electron chi connectivity index (χ4n) is 2.66. The summed E-state index contributed by atoms with van der Waals surface area (Å²) in [5.74, 6) is 1.81. The monoisotopic (exact) mass is 348 g/mol. The topological polar surface area (TPSA) is 55.8 Å². The van der Waals surface area contributed by atoms with Crippen molar-refractivity contribution in [3.8, 4) is 0 Å². The summed E-state index contributed by atoms with van der Waals surface area (Å²) < 4.78 is 0. The van der Waals surface area contributed by atoms with Gasteiger partial charge in [-0.2, -0.15) is 0 Å². The Hall–Kier alpha value is -1.82. The number of nitrogens with one attached hydrogen (secondary N) is 2. The van der Waals surface area contributed by atoms with Crippen LogP contribution in [0.15, 0.2) is 23.3 Å². The Bertz CT molecular complexity index is 510. The van der Waals surface area contributed by atoms with Crippen LogP contribution in [0.3, 0.4) is 0 Å². The molecule has 0 bridgehead atoms. The van der Waals surface area contributed by atoms with Gasteiger partial charge in [0.1, 0.15) is 5.82 Å². The maximum atomic E-state index is 4.34. The average molecular weight is 349 g/mol. The Labute approximate surface area is 153 Å². The summed E-state index contributed by atoms with van der Waals surface area (Å²) in [6, 6.07) is 4.52. The molecule has 0 saturated carbocycles. The first-order valence-electron chi connectivity index (χ1n) is 9.31. The molecule has 0 aliphatic carbocycles. The SMILES string of the molecule is CCN(CC)CCCC(C)NC(=NC)NCc1ccnc(N(C)C)c1. The fraction of sp³-hybridized carbons (Fsp3) is 0.684. The smallest absolute Gasteiger partial charge is 0.191 e. The maximum absolute atomic E-state index is 4.34. The first kappa shape index (κ1) is 21.2. The first-order valence-corrected chi connectivity index (χ1v) is 9.31. The van der Waals surface area contributed by atoms with E-state index in [0.717, 1.165) is 44.4 Å². The lowest BCUT2D eigenvalue weighted by atomic mass is 10.2. The van der Waals surface area contributed by atoms with Gasteiger partial charge in [-0.3, -0.25) is 4.99 Å². The number of hydrogen-bond acceptors (Lipinski definition) is 4. The minimum absolute atomic E-state index is 0.400. The molecule has 1 aromatic rings. The molecule has 25 heavy (non-hydrogen) atoms. The van der Waals surface area contributed by atoms with Gasteiger partial charge in [-0.25, -0.2) is 4.98 Å². The number of rotatable bonds is 10. The summed E-state index contributed by atoms with van der Waals surface area (Å²) in [6.07, 6.45) is 4.18. The highest BCUT2D eigenvalue weighted by Gasteiger charge is 2.07. The van der Waals surface area contributed by atoms with Gasteiger partial charge < -0.3 is 20.4 Å². The fourth-order valence-corrected chi connectivity index (χ4v) is 2.66. The van der Waals surface area contributed by atoms with Crippen molar-refractivity contribution in [2.75, 3.05) is 45.7 Å². The van der Waals surface area contributed by atoms with Crippen LogP contribution < -0.4 is 15.5 Å². The maximum Gasteiger partial charge on any atom is 0.191 e. The van der Waals surface area contributed by atoms with Gasteiger partial charge in [-0.15, -0.1) is 0 Å². The lowest BCUT2D eigenvalue weighted by molar-refractivity contribution is 0.292. The summed E-state index contributed by atoms with van der Waals surface area (Å²) >= 11 is 0. The Morgan fingerprint density at radius 1 is 1.28 bits per heavy atom. The number of guanidine groups is 1. The Balaban J connectivity index is 2.40. The molecule has 0 saturated heterocycles. The Morgan fingerprint density at radius 3 is 2.60 bits per heavy atom. The quantitative estimate of drug-likeness (QED) is 0.502. The molecule has 0 fully saturated rings. The van der Waals surface area contributed by atoms with E-state index in [1.54, 1.807) is 0 Å². The van der Waals surface area contributed by atoms with Crippen LogP contribution in [0, 0.1) is 0 Å². The van der Waals surface area contributed by atoms with Gasteiger partial charge in [0.15, 0.2) is 5.96 Å². The van der Waals surface area contributed by atoms with E-state index < -0.39 is 0 Å². The summed E-state index contributed by atoms with van der Waals surface area (Å²) in [4.78, 5) is 13.2. The minimum Gasteiger partial charge on any atom is -0.363 e. The predicted octanol–water partition coefficient (Wildman–Crippen LogP) is 2.32. The molecular formula is C19H36N6. The lowest BCUT2D eigenvalue weighted by Crippen LogP contribution is -2.42. The average Bonchev–Trinajstić information content (AvgIpc) is 2.62. The van der Waals surface area contributed by atoms with Gasteiger partial charge in [-0.05, 0) is 57.1 Å². The van der Waals surface area contributed by atoms with E-state index in [1.807, 2.05) is 38.3 Å². The third-order valence-electron chi connectivity index (χ3n) is 4.34. The molecule has 0 spiro atoms. The Kier molecular flexibility index (Phi) is 9.92. The van der Waals surface area contributed by atoms with Gasteiger partial charge in [-0.1, -0.05) is 13.8 Å². The highest BCUT2D eigenvalue weighted by atomic mass is 15.2. The predicted molar refractivity (Wildman–Crippen MR) is 108 cm³/mol. The second-order valence-corrected chi connectivity index (χ2v) is 6.56. The van der Waals surface area contributed by atoms with E-state index >= 15 is 0 Å². The van der Waals surface area contributed by atoms with Crippen molar-refractivity contribution in [3.05, 3.63) is 23.9 Å². The molecule has 6 heteroatoms. The molecule has 0 aliphatic heterocycles. The van der Waals surface area contributed by atoms with Crippen molar-refractivity contribution in [1.82, 2.24) is 20.5 Å². The minimum atomic E-state index is 0.400. The zero-order valence-electron chi connectivity index (χ0n) is 16.8. The molecule has 142 valence electrons. The van der Waals surface area contributed by atoms with Crippen molar-refractivity contribution >= 4 is 11.8 Å². The zero-order chi connectivity index (χ0) is 18.7. The molecule has 2 N–H and O–H groups in total. The Morgan fingerprint density at radius 2 is 2.00 bits per heavy atom. The number of anilines is 1. The summed E-state index contributed by atoms with van der Waals surface area (Å²) in [7, 11) is 5.82. The molecule has 1 atom stereocenters. The highest BCUT2D eigenvalue weighted by molar-refractivity contribution is 5.79. The molecule has 0 aliphatic rings. The lowest BCUT2D eigenvalue weighted by Gasteiger charge is -2.21. The third kappa shape index (κ3) is 8.20. The summed E-state index contributed by atoms with van der Waals surface area (Å²) in [6.45, 7) is 10.8. The number of aliphatic imine (C=N–C) groups is 1. The molecule has 0 radical (unpaired) electrons. The van der Waals surface area contributed by atoms with Gasteiger partial charge in [0.05, 0.1) is 0 Å². The van der Waals surface area contributed by atoms with E-state index in [4.69, 9.17) is 0 Å². The second-order valence-electron chi connectivity index (χ2n) is 6.56. The summed E-state index contributed by atoms with van der Waals surface area (Å²) in [5, 5.41) is 6.86. The van der Waals surface area contributed by atoms with Crippen molar-refractivity contribution in [3.63, 3.8) is 0 Å². The molecule has 1 heterocycles. The van der Waals surface area contributed by atoms with E-state index in [9.17, 15) is 0 Å². The van der Waals surface area contributed by atoms with E-state index in [1.165, 1.54) is 12.0 Å². The van der Waals surface area contributed by atoms with Crippen molar-refractivity contribution in [1.29, 1.82) is 0 Å². The summed E-state index contributed by atoms with van der Waals surface area (Å²) in [5.41, 5.74) is 1.19. The van der Waals surface area contributed by atoms with Crippen LogP contribution >= 0.6 is 0 Å². The molecule has 0 amide bonds. The van der Waals surface area contributed by atoms with Gasteiger partial charge >= 0.3 is 0 Å². The van der Waals surface area contributed by atoms with Crippen LogP contribution in [0.4, 0.5) is 5.82 Å². The molecule has 1 unspecified atom stereocenters. The molecule has 0 aromatic carbocycles. The first-order chi connectivity index (χ1) is 12.0. The number of hydrogen-bond donors (Lipinski definition) is 2. The highest BCUT2D eigenvalue weighted by Crippen LogP contribution is 2.09. The largest absolute Gasteiger partial charge is 0.363 e. The van der Waals surface area contributed by atoms with E-state index in [-0.39, 0.29) is 0 Å². The van der Waals surface area contributed by atoms with Gasteiger partial charge in [0, 0.05) is 39.9 Å². The number of aromatic nitrogens is 1. The van der Waals surface area contributed by atoms with Crippen molar-refractivity contribution < 1.29 is 0 Å². The van der Waals surface area contributed by atoms with Crippen LogP contribution in [0.5, 0.6) is 0 Å². The molecule has 1 aromatic heterocycles. The number of pyridine rings is 1. The van der Waals surface area contributed by atoms with Crippen LogP contribution in [0.25, 0.3) is 0 Å². The van der Waals surface area contributed by atoms with Crippen LogP contribution in [0.1, 0.15) is 39.2 Å². The molecule has 6 nitrogen and oxygen atoms in total. The second kappa shape index (κ2) is 11.7. The van der Waals surface area contributed by atoms with Crippen LogP contribution in [0.2, 0.25) is 0 Å². The normalized spacial score (nSPS) is 13.0. The van der Waals surface area contributed by atoms with Gasteiger partial charge in [0.25, 0.3) is 0 Å².